The van der Waals surface area contributed by atoms with Gasteiger partial charge in [-0.2, -0.15) is 0 Å². The van der Waals surface area contributed by atoms with Gasteiger partial charge < -0.3 is 14.6 Å². The molecule has 0 saturated carbocycles. The molecular formula is C16H23NO4. The largest absolute Gasteiger partial charge is 0.497 e. The van der Waals surface area contributed by atoms with Gasteiger partial charge in [0, 0.05) is 25.6 Å². The molecule has 1 fully saturated rings. The molecule has 1 aliphatic heterocycles. The number of rotatable bonds is 6. The van der Waals surface area contributed by atoms with E-state index in [0.29, 0.717) is 6.61 Å². The topological polar surface area (TPSA) is 59.0 Å². The van der Waals surface area contributed by atoms with Crippen molar-refractivity contribution in [2.24, 2.45) is 0 Å². The van der Waals surface area contributed by atoms with Crippen LogP contribution in [0.1, 0.15) is 25.3 Å². The Hall–Kier alpha value is -1.59. The summed E-state index contributed by atoms with van der Waals surface area (Å²) in [5.41, 5.74) is 1.16. The average molecular weight is 293 g/mol. The maximum absolute atomic E-state index is 11.0. The second-order valence-electron chi connectivity index (χ2n) is 5.39. The molecule has 1 aromatic carbocycles. The molecule has 2 unspecified atom stereocenters. The molecule has 1 aliphatic rings. The van der Waals surface area contributed by atoms with Crippen molar-refractivity contribution in [1.29, 1.82) is 0 Å². The third-order valence-corrected chi connectivity index (χ3v) is 3.99. The van der Waals surface area contributed by atoms with E-state index in [9.17, 15) is 9.90 Å². The first kappa shape index (κ1) is 15.8. The van der Waals surface area contributed by atoms with Gasteiger partial charge in [-0.3, -0.25) is 9.69 Å². The molecule has 0 amide bonds. The fraction of sp³-hybridized carbons (Fsp3) is 0.562. The number of ether oxygens (including phenoxy) is 2. The summed E-state index contributed by atoms with van der Waals surface area (Å²) in [4.78, 5) is 13.2. The predicted molar refractivity (Wildman–Crippen MR) is 79.1 cm³/mol. The fourth-order valence-corrected chi connectivity index (χ4v) is 2.80. The minimum atomic E-state index is -0.258. The zero-order valence-corrected chi connectivity index (χ0v) is 12.6. The van der Waals surface area contributed by atoms with E-state index in [2.05, 4.69) is 4.90 Å². The lowest BCUT2D eigenvalue weighted by Crippen LogP contribution is -2.40. The Bertz CT molecular complexity index is 460. The summed E-state index contributed by atoms with van der Waals surface area (Å²) >= 11 is 0. The molecule has 0 spiro atoms. The minimum Gasteiger partial charge on any atom is -0.497 e. The summed E-state index contributed by atoms with van der Waals surface area (Å²) in [6, 6.07) is 8.21. The van der Waals surface area contributed by atoms with Crippen LogP contribution in [-0.2, 0) is 16.1 Å². The number of benzene rings is 1. The SMILES string of the molecule is COc1ccc(CN2C(CO)CCC2COC(C)=O)cc1. The first-order chi connectivity index (χ1) is 10.1. The minimum absolute atomic E-state index is 0.132. The summed E-state index contributed by atoms with van der Waals surface area (Å²) in [5, 5.41) is 9.52. The highest BCUT2D eigenvalue weighted by Gasteiger charge is 2.33. The number of aliphatic hydroxyl groups excluding tert-OH is 1. The molecule has 1 saturated heterocycles. The van der Waals surface area contributed by atoms with E-state index < -0.39 is 0 Å². The lowest BCUT2D eigenvalue weighted by molar-refractivity contribution is -0.142. The number of esters is 1. The van der Waals surface area contributed by atoms with Crippen molar-refractivity contribution in [3.8, 4) is 5.75 Å². The molecule has 1 aromatic rings. The van der Waals surface area contributed by atoms with E-state index >= 15 is 0 Å². The Kier molecular flexibility index (Phi) is 5.59. The number of methoxy groups -OCH3 is 1. The van der Waals surface area contributed by atoms with E-state index in [1.165, 1.54) is 6.92 Å². The first-order valence-corrected chi connectivity index (χ1v) is 7.27. The Balaban J connectivity index is 2.02. The number of carbonyl (C=O) groups excluding carboxylic acids is 1. The van der Waals surface area contributed by atoms with Crippen molar-refractivity contribution in [3.63, 3.8) is 0 Å². The van der Waals surface area contributed by atoms with E-state index in [0.717, 1.165) is 30.7 Å². The number of aliphatic hydroxyl groups is 1. The third kappa shape index (κ3) is 4.19. The van der Waals surface area contributed by atoms with Gasteiger partial charge in [-0.15, -0.1) is 0 Å². The Labute approximate surface area is 125 Å². The predicted octanol–water partition coefficient (Wildman–Crippen LogP) is 1.58. The maximum atomic E-state index is 11.0. The van der Waals surface area contributed by atoms with Crippen molar-refractivity contribution in [2.45, 2.75) is 38.4 Å². The summed E-state index contributed by atoms with van der Waals surface area (Å²) in [7, 11) is 1.65. The third-order valence-electron chi connectivity index (χ3n) is 3.99. The molecule has 1 heterocycles. The van der Waals surface area contributed by atoms with Crippen LogP contribution in [-0.4, -0.2) is 48.4 Å². The Morgan fingerprint density at radius 2 is 1.95 bits per heavy atom. The highest BCUT2D eigenvalue weighted by atomic mass is 16.5. The van der Waals surface area contributed by atoms with Crippen molar-refractivity contribution in [2.75, 3.05) is 20.3 Å². The van der Waals surface area contributed by atoms with Crippen LogP contribution in [0.25, 0.3) is 0 Å². The van der Waals surface area contributed by atoms with E-state index in [-0.39, 0.29) is 24.7 Å². The molecule has 5 nitrogen and oxygen atoms in total. The summed E-state index contributed by atoms with van der Waals surface area (Å²) in [6.07, 6.45) is 1.87. The molecular weight excluding hydrogens is 270 g/mol. The standard InChI is InChI=1S/C16H23NO4/c1-12(19)21-11-15-6-5-14(10-18)17(15)9-13-3-7-16(20-2)8-4-13/h3-4,7-8,14-15,18H,5-6,9-11H2,1-2H3. The second-order valence-corrected chi connectivity index (χ2v) is 5.39. The highest BCUT2D eigenvalue weighted by molar-refractivity contribution is 5.65. The van der Waals surface area contributed by atoms with Crippen molar-refractivity contribution in [1.82, 2.24) is 4.90 Å². The van der Waals surface area contributed by atoms with Gasteiger partial charge in [0.25, 0.3) is 0 Å². The van der Waals surface area contributed by atoms with Crippen LogP contribution >= 0.6 is 0 Å². The van der Waals surface area contributed by atoms with E-state index in [1.807, 2.05) is 24.3 Å². The quantitative estimate of drug-likeness (QED) is 0.807. The van der Waals surface area contributed by atoms with Gasteiger partial charge in [0.1, 0.15) is 12.4 Å². The Morgan fingerprint density at radius 1 is 1.29 bits per heavy atom. The zero-order valence-electron chi connectivity index (χ0n) is 12.6. The number of carbonyl (C=O) groups is 1. The van der Waals surface area contributed by atoms with Gasteiger partial charge in [0.15, 0.2) is 0 Å². The number of hydrogen-bond donors (Lipinski definition) is 1. The average Bonchev–Trinajstić information content (AvgIpc) is 2.88. The lowest BCUT2D eigenvalue weighted by Gasteiger charge is -2.29. The highest BCUT2D eigenvalue weighted by Crippen LogP contribution is 2.27. The monoisotopic (exact) mass is 293 g/mol. The zero-order chi connectivity index (χ0) is 15.2. The van der Waals surface area contributed by atoms with Crippen LogP contribution in [0.4, 0.5) is 0 Å². The van der Waals surface area contributed by atoms with Crippen LogP contribution in [0.15, 0.2) is 24.3 Å². The maximum Gasteiger partial charge on any atom is 0.302 e. The molecule has 116 valence electrons. The smallest absolute Gasteiger partial charge is 0.302 e. The van der Waals surface area contributed by atoms with Gasteiger partial charge in [0.05, 0.1) is 13.7 Å². The van der Waals surface area contributed by atoms with Gasteiger partial charge in [0.2, 0.25) is 0 Å². The van der Waals surface area contributed by atoms with Crippen LogP contribution in [0.2, 0.25) is 0 Å². The van der Waals surface area contributed by atoms with E-state index in [1.54, 1.807) is 7.11 Å². The normalized spacial score (nSPS) is 22.2. The molecule has 5 heteroatoms. The molecule has 1 N–H and O–H groups in total. The van der Waals surface area contributed by atoms with E-state index in [4.69, 9.17) is 9.47 Å². The summed E-state index contributed by atoms with van der Waals surface area (Å²) in [6.45, 7) is 2.68. The van der Waals surface area contributed by atoms with Gasteiger partial charge in [-0.1, -0.05) is 12.1 Å². The van der Waals surface area contributed by atoms with Crippen LogP contribution in [0, 0.1) is 0 Å². The lowest BCUT2D eigenvalue weighted by atomic mass is 10.1. The van der Waals surface area contributed by atoms with Crippen molar-refractivity contribution >= 4 is 5.97 Å². The first-order valence-electron chi connectivity index (χ1n) is 7.27. The van der Waals surface area contributed by atoms with Crippen LogP contribution < -0.4 is 4.74 Å². The molecule has 0 aromatic heterocycles. The molecule has 2 rings (SSSR count). The summed E-state index contributed by atoms with van der Waals surface area (Å²) in [5.74, 6) is 0.571. The molecule has 2 atom stereocenters. The number of nitrogens with zero attached hydrogens (tertiary/aromatic N) is 1. The van der Waals surface area contributed by atoms with Crippen molar-refractivity contribution < 1.29 is 19.4 Å². The van der Waals surface area contributed by atoms with Gasteiger partial charge >= 0.3 is 5.97 Å². The van der Waals surface area contributed by atoms with Crippen LogP contribution in [0.3, 0.4) is 0 Å². The fourth-order valence-electron chi connectivity index (χ4n) is 2.80. The number of likely N-dealkylation sites (tertiary alicyclic amines) is 1. The summed E-state index contributed by atoms with van der Waals surface area (Å²) < 4.78 is 10.3. The molecule has 0 bridgehead atoms. The van der Waals surface area contributed by atoms with Crippen molar-refractivity contribution in [3.05, 3.63) is 29.8 Å². The Morgan fingerprint density at radius 3 is 2.52 bits per heavy atom. The molecule has 21 heavy (non-hydrogen) atoms. The van der Waals surface area contributed by atoms with Gasteiger partial charge in [-0.25, -0.2) is 0 Å². The number of hydrogen-bond acceptors (Lipinski definition) is 5. The molecule has 0 aliphatic carbocycles. The van der Waals surface area contributed by atoms with Gasteiger partial charge in [-0.05, 0) is 30.5 Å². The van der Waals surface area contributed by atoms with Crippen LogP contribution in [0.5, 0.6) is 5.75 Å². The second kappa shape index (κ2) is 7.43. The molecule has 0 radical (unpaired) electrons.